The molecule has 0 atom stereocenters. The Balaban J connectivity index is 2.04. The molecule has 0 heterocycles. The van der Waals surface area contributed by atoms with Crippen molar-refractivity contribution in [1.29, 1.82) is 0 Å². The average Bonchev–Trinajstić information content (AvgIpc) is 2.59. The normalized spacial score (nSPS) is 10.0. The monoisotopic (exact) mass is 334 g/mol. The van der Waals surface area contributed by atoms with Crippen LogP contribution in [0, 0.1) is 0 Å². The third-order valence-corrected chi connectivity index (χ3v) is 3.36. The van der Waals surface area contributed by atoms with Crippen LogP contribution in [0.4, 0.5) is 0 Å². The molecule has 0 saturated heterocycles. The smallest absolute Gasteiger partial charge is 0.342 e. The molecule has 0 fully saturated rings. The van der Waals surface area contributed by atoms with E-state index < -0.39 is 11.9 Å². The number of halogens is 1. The van der Waals surface area contributed by atoms with Gasteiger partial charge in [0, 0.05) is 5.02 Å². The largest absolute Gasteiger partial charge is 0.496 e. The minimum Gasteiger partial charge on any atom is -0.496 e. The molecule has 2 rings (SSSR count). The Morgan fingerprint density at radius 1 is 1.00 bits per heavy atom. The van der Waals surface area contributed by atoms with Gasteiger partial charge in [-0.1, -0.05) is 23.7 Å². The molecule has 0 spiro atoms. The van der Waals surface area contributed by atoms with Crippen LogP contribution in [0.3, 0.4) is 0 Å². The first-order chi connectivity index (χ1) is 11.0. The maximum absolute atomic E-state index is 12.1. The fourth-order valence-electron chi connectivity index (χ4n) is 1.92. The molecule has 0 radical (unpaired) electrons. The molecular formula is C17H15ClO5. The summed E-state index contributed by atoms with van der Waals surface area (Å²) in [5.74, 6) is -0.570. The Morgan fingerprint density at radius 2 is 1.70 bits per heavy atom. The van der Waals surface area contributed by atoms with Crippen LogP contribution in [0.25, 0.3) is 0 Å². The first-order valence-electron chi connectivity index (χ1n) is 6.73. The third-order valence-electron chi connectivity index (χ3n) is 3.13. The molecule has 0 saturated carbocycles. The third kappa shape index (κ3) is 4.23. The van der Waals surface area contributed by atoms with Gasteiger partial charge in [-0.15, -0.1) is 0 Å². The van der Waals surface area contributed by atoms with Gasteiger partial charge >= 0.3 is 11.9 Å². The second kappa shape index (κ2) is 7.65. The van der Waals surface area contributed by atoms with Crippen molar-refractivity contribution in [2.75, 3.05) is 14.2 Å². The molecule has 5 nitrogen and oxygen atoms in total. The Kier molecular flexibility index (Phi) is 5.60. The lowest BCUT2D eigenvalue weighted by molar-refractivity contribution is 0.0468. The van der Waals surface area contributed by atoms with E-state index in [1.165, 1.54) is 20.3 Å². The molecule has 2 aromatic rings. The van der Waals surface area contributed by atoms with E-state index in [-0.39, 0.29) is 12.2 Å². The molecule has 23 heavy (non-hydrogen) atoms. The zero-order valence-electron chi connectivity index (χ0n) is 12.7. The predicted octanol–water partition coefficient (Wildman–Crippen LogP) is 3.49. The van der Waals surface area contributed by atoms with Gasteiger partial charge in [0.05, 0.1) is 19.8 Å². The highest BCUT2D eigenvalue weighted by atomic mass is 35.5. The first-order valence-corrected chi connectivity index (χ1v) is 7.11. The summed E-state index contributed by atoms with van der Waals surface area (Å²) in [7, 11) is 2.78. The topological polar surface area (TPSA) is 61.8 Å². The van der Waals surface area contributed by atoms with Crippen LogP contribution in [-0.2, 0) is 16.1 Å². The van der Waals surface area contributed by atoms with Crippen LogP contribution in [0.2, 0.25) is 5.02 Å². The van der Waals surface area contributed by atoms with E-state index in [9.17, 15) is 9.59 Å². The number of carbonyl (C=O) groups is 2. The molecule has 6 heteroatoms. The second-order valence-corrected chi connectivity index (χ2v) is 5.05. The predicted molar refractivity (Wildman–Crippen MR) is 84.9 cm³/mol. The first kappa shape index (κ1) is 16.8. The van der Waals surface area contributed by atoms with Crippen molar-refractivity contribution in [3.8, 4) is 5.75 Å². The lowest BCUT2D eigenvalue weighted by atomic mass is 10.1. The van der Waals surface area contributed by atoms with Crippen LogP contribution < -0.4 is 4.74 Å². The summed E-state index contributed by atoms with van der Waals surface area (Å²) < 4.78 is 15.0. The molecule has 0 aromatic heterocycles. The van der Waals surface area contributed by atoms with E-state index in [1.54, 1.807) is 36.4 Å². The summed E-state index contributed by atoms with van der Waals surface area (Å²) in [6, 6.07) is 11.3. The average molecular weight is 335 g/mol. The number of esters is 2. The quantitative estimate of drug-likeness (QED) is 0.783. The molecule has 0 bridgehead atoms. The number of carbonyl (C=O) groups excluding carboxylic acids is 2. The Morgan fingerprint density at radius 3 is 2.30 bits per heavy atom. The fourth-order valence-corrected chi connectivity index (χ4v) is 2.09. The fraction of sp³-hybridized carbons (Fsp3) is 0.176. The summed E-state index contributed by atoms with van der Waals surface area (Å²) in [5.41, 5.74) is 1.43. The van der Waals surface area contributed by atoms with Gasteiger partial charge in [0.25, 0.3) is 0 Å². The Bertz CT molecular complexity index is 709. The van der Waals surface area contributed by atoms with E-state index in [4.69, 9.17) is 21.1 Å². The molecule has 0 N–H and O–H groups in total. The molecule has 0 aliphatic heterocycles. The van der Waals surface area contributed by atoms with E-state index in [1.807, 2.05) is 0 Å². The van der Waals surface area contributed by atoms with Gasteiger partial charge in [0.2, 0.25) is 0 Å². The summed E-state index contributed by atoms with van der Waals surface area (Å²) in [6.07, 6.45) is 0. The van der Waals surface area contributed by atoms with Crippen molar-refractivity contribution in [2.45, 2.75) is 6.61 Å². The van der Waals surface area contributed by atoms with Crippen molar-refractivity contribution >= 4 is 23.5 Å². The van der Waals surface area contributed by atoms with Crippen molar-refractivity contribution in [2.24, 2.45) is 0 Å². The van der Waals surface area contributed by atoms with Crippen molar-refractivity contribution < 1.29 is 23.8 Å². The molecule has 120 valence electrons. The summed E-state index contributed by atoms with van der Waals surface area (Å²) in [6.45, 7) is 0.0654. The molecule has 0 aliphatic rings. The van der Waals surface area contributed by atoms with Gasteiger partial charge in [-0.05, 0) is 35.9 Å². The van der Waals surface area contributed by atoms with Gasteiger partial charge in [-0.2, -0.15) is 0 Å². The molecule has 0 unspecified atom stereocenters. The highest BCUT2D eigenvalue weighted by Gasteiger charge is 2.14. The number of benzene rings is 2. The number of rotatable bonds is 5. The number of hydrogen-bond acceptors (Lipinski definition) is 5. The molecule has 0 amide bonds. The Hall–Kier alpha value is -2.53. The standard InChI is InChI=1S/C17H15ClO5/c1-21-15-8-7-13(18)9-14(15)17(20)23-10-11-3-5-12(6-4-11)16(19)22-2/h3-9H,10H2,1-2H3. The Labute approximate surface area is 138 Å². The second-order valence-electron chi connectivity index (χ2n) is 4.61. The zero-order valence-corrected chi connectivity index (χ0v) is 13.4. The number of ether oxygens (including phenoxy) is 3. The molecule has 0 aliphatic carbocycles. The van der Waals surface area contributed by atoms with Crippen LogP contribution >= 0.6 is 11.6 Å². The van der Waals surface area contributed by atoms with E-state index in [0.717, 1.165) is 5.56 Å². The summed E-state index contributed by atoms with van der Waals surface area (Å²) in [4.78, 5) is 23.5. The van der Waals surface area contributed by atoms with Crippen molar-refractivity contribution in [3.05, 3.63) is 64.2 Å². The minimum atomic E-state index is -0.540. The molecule has 2 aromatic carbocycles. The maximum Gasteiger partial charge on any atom is 0.342 e. The van der Waals surface area contributed by atoms with Crippen molar-refractivity contribution in [3.63, 3.8) is 0 Å². The van der Waals surface area contributed by atoms with Gasteiger partial charge in [0.15, 0.2) is 0 Å². The van der Waals surface area contributed by atoms with E-state index in [2.05, 4.69) is 4.74 Å². The SMILES string of the molecule is COC(=O)c1ccc(COC(=O)c2cc(Cl)ccc2OC)cc1. The van der Waals surface area contributed by atoms with Crippen LogP contribution in [0.15, 0.2) is 42.5 Å². The van der Waals surface area contributed by atoms with E-state index in [0.29, 0.717) is 16.3 Å². The van der Waals surface area contributed by atoms with Gasteiger partial charge < -0.3 is 14.2 Å². The minimum absolute atomic E-state index is 0.0654. The van der Waals surface area contributed by atoms with Gasteiger partial charge in [-0.3, -0.25) is 0 Å². The van der Waals surface area contributed by atoms with Gasteiger partial charge in [-0.25, -0.2) is 9.59 Å². The van der Waals surface area contributed by atoms with Crippen molar-refractivity contribution in [1.82, 2.24) is 0 Å². The molecular weight excluding hydrogens is 320 g/mol. The van der Waals surface area contributed by atoms with Crippen LogP contribution in [0.5, 0.6) is 5.75 Å². The summed E-state index contributed by atoms with van der Waals surface area (Å²) in [5, 5.41) is 0.417. The van der Waals surface area contributed by atoms with Crippen LogP contribution in [0.1, 0.15) is 26.3 Å². The number of methoxy groups -OCH3 is 2. The maximum atomic E-state index is 12.1. The lowest BCUT2D eigenvalue weighted by Crippen LogP contribution is -2.07. The highest BCUT2D eigenvalue weighted by molar-refractivity contribution is 6.31. The highest BCUT2D eigenvalue weighted by Crippen LogP contribution is 2.23. The van der Waals surface area contributed by atoms with Crippen LogP contribution in [-0.4, -0.2) is 26.2 Å². The summed E-state index contributed by atoms with van der Waals surface area (Å²) >= 11 is 5.89. The van der Waals surface area contributed by atoms with Gasteiger partial charge in [0.1, 0.15) is 17.9 Å². The number of hydrogen-bond donors (Lipinski definition) is 0. The lowest BCUT2D eigenvalue weighted by Gasteiger charge is -2.09. The zero-order chi connectivity index (χ0) is 16.8. The van der Waals surface area contributed by atoms with E-state index >= 15 is 0 Å².